The van der Waals surface area contributed by atoms with E-state index >= 15 is 0 Å². The van der Waals surface area contributed by atoms with Crippen LogP contribution in [0.15, 0.2) is 60.7 Å². The first-order chi connectivity index (χ1) is 14.6. The first-order valence-corrected chi connectivity index (χ1v) is 9.25. The van der Waals surface area contributed by atoms with Crippen molar-refractivity contribution in [2.75, 3.05) is 25.1 Å². The number of carbonyl (C=O) groups excluding carboxylic acids is 3. The lowest BCUT2D eigenvalue weighted by molar-refractivity contribution is -0.123. The Morgan fingerprint density at radius 2 is 1.63 bits per heavy atom. The van der Waals surface area contributed by atoms with Gasteiger partial charge < -0.3 is 19.5 Å². The number of hydrogen-bond acceptors (Lipinski definition) is 6. The van der Waals surface area contributed by atoms with Crippen molar-refractivity contribution >= 4 is 34.4 Å². The van der Waals surface area contributed by atoms with Gasteiger partial charge >= 0.3 is 12.0 Å². The molecule has 8 heteroatoms. The average molecular weight is 406 g/mol. The number of hydrogen-bond donors (Lipinski definition) is 2. The molecule has 0 saturated heterocycles. The van der Waals surface area contributed by atoms with Crippen LogP contribution in [0.4, 0.5) is 10.5 Å². The number of ether oxygens (including phenoxy) is 3. The lowest BCUT2D eigenvalue weighted by Crippen LogP contribution is -2.37. The predicted octanol–water partition coefficient (Wildman–Crippen LogP) is 3.12. The molecule has 3 aromatic rings. The summed E-state index contributed by atoms with van der Waals surface area (Å²) in [4.78, 5) is 36.1. The van der Waals surface area contributed by atoms with Crippen molar-refractivity contribution in [3.8, 4) is 11.5 Å². The summed E-state index contributed by atoms with van der Waals surface area (Å²) >= 11 is 0. The predicted molar refractivity (Wildman–Crippen MR) is 109 cm³/mol. The molecule has 0 aromatic heterocycles. The Hall–Kier alpha value is -4.07. The number of anilines is 1. The van der Waals surface area contributed by atoms with E-state index in [-0.39, 0.29) is 0 Å². The van der Waals surface area contributed by atoms with E-state index in [2.05, 4.69) is 10.6 Å². The maximum atomic E-state index is 12.2. The highest BCUT2D eigenvalue weighted by Crippen LogP contribution is 2.32. The molecule has 0 fully saturated rings. The number of nitrogens with one attached hydrogen (secondary N) is 2. The minimum Gasteiger partial charge on any atom is -0.486 e. The highest BCUT2D eigenvalue weighted by Gasteiger charge is 2.15. The molecule has 152 valence electrons. The van der Waals surface area contributed by atoms with Crippen LogP contribution >= 0.6 is 0 Å². The van der Waals surface area contributed by atoms with E-state index in [0.29, 0.717) is 36.0 Å². The van der Waals surface area contributed by atoms with Crippen molar-refractivity contribution in [1.82, 2.24) is 5.32 Å². The Labute approximate surface area is 171 Å². The summed E-state index contributed by atoms with van der Waals surface area (Å²) in [5.74, 6) is -0.305. The monoisotopic (exact) mass is 406 g/mol. The Morgan fingerprint density at radius 1 is 0.867 bits per heavy atom. The van der Waals surface area contributed by atoms with E-state index in [1.54, 1.807) is 36.4 Å². The standard InChI is InChI=1S/C22H18N2O6/c25-20(13-30-21(26)16-6-5-14-3-1-2-4-15(14)11-16)24-22(27)23-17-7-8-18-19(12-17)29-10-9-28-18/h1-8,11-12H,9-10,13H2,(H2,23,24,25,27). The zero-order valence-corrected chi connectivity index (χ0v) is 15.8. The zero-order chi connectivity index (χ0) is 20.9. The molecule has 4 rings (SSSR count). The highest BCUT2D eigenvalue weighted by atomic mass is 16.6. The first-order valence-electron chi connectivity index (χ1n) is 9.25. The van der Waals surface area contributed by atoms with Crippen LogP contribution < -0.4 is 20.1 Å². The number of rotatable bonds is 4. The molecule has 3 amide bonds. The van der Waals surface area contributed by atoms with Gasteiger partial charge in [-0.25, -0.2) is 9.59 Å². The summed E-state index contributed by atoms with van der Waals surface area (Å²) in [6.07, 6.45) is 0. The van der Waals surface area contributed by atoms with E-state index in [4.69, 9.17) is 14.2 Å². The van der Waals surface area contributed by atoms with Gasteiger partial charge in [0, 0.05) is 11.8 Å². The second kappa shape index (κ2) is 8.52. The van der Waals surface area contributed by atoms with Gasteiger partial charge in [0.05, 0.1) is 5.56 Å². The maximum absolute atomic E-state index is 12.2. The topological polar surface area (TPSA) is 103 Å². The fourth-order valence-electron chi connectivity index (χ4n) is 2.98. The maximum Gasteiger partial charge on any atom is 0.338 e. The van der Waals surface area contributed by atoms with Gasteiger partial charge in [0.15, 0.2) is 18.1 Å². The average Bonchev–Trinajstić information content (AvgIpc) is 2.77. The largest absolute Gasteiger partial charge is 0.486 e. The Kier molecular flexibility index (Phi) is 5.47. The van der Waals surface area contributed by atoms with E-state index in [0.717, 1.165) is 10.8 Å². The van der Waals surface area contributed by atoms with Crippen LogP contribution in [0, 0.1) is 0 Å². The lowest BCUT2D eigenvalue weighted by Gasteiger charge is -2.19. The van der Waals surface area contributed by atoms with Crippen molar-refractivity contribution in [2.45, 2.75) is 0 Å². The second-order valence-electron chi connectivity index (χ2n) is 6.50. The van der Waals surface area contributed by atoms with Crippen molar-refractivity contribution in [3.05, 3.63) is 66.2 Å². The SMILES string of the molecule is O=C(COC(=O)c1ccc2ccccc2c1)NC(=O)Nc1ccc2c(c1)OCCO2. The molecule has 0 aliphatic carbocycles. The molecule has 0 spiro atoms. The minimum absolute atomic E-state index is 0.322. The minimum atomic E-state index is -0.751. The van der Waals surface area contributed by atoms with Gasteiger partial charge in [0.1, 0.15) is 13.2 Å². The summed E-state index contributed by atoms with van der Waals surface area (Å²) in [5.41, 5.74) is 0.750. The van der Waals surface area contributed by atoms with Crippen LogP contribution in [0.2, 0.25) is 0 Å². The van der Waals surface area contributed by atoms with Crippen LogP contribution in [-0.4, -0.2) is 37.7 Å². The molecule has 2 N–H and O–H groups in total. The molecular formula is C22H18N2O6. The van der Waals surface area contributed by atoms with E-state index in [1.807, 2.05) is 24.3 Å². The van der Waals surface area contributed by atoms with Gasteiger partial charge in [-0.2, -0.15) is 0 Å². The number of carbonyl (C=O) groups is 3. The van der Waals surface area contributed by atoms with Crippen molar-refractivity contribution in [2.24, 2.45) is 0 Å². The molecule has 1 aliphatic heterocycles. The molecule has 0 unspecified atom stereocenters. The third kappa shape index (κ3) is 4.49. The summed E-state index contributed by atoms with van der Waals surface area (Å²) in [7, 11) is 0. The second-order valence-corrected chi connectivity index (χ2v) is 6.50. The molecule has 0 atom stereocenters. The quantitative estimate of drug-likeness (QED) is 0.646. The molecule has 0 saturated carbocycles. The van der Waals surface area contributed by atoms with Crippen molar-refractivity contribution in [1.29, 1.82) is 0 Å². The van der Waals surface area contributed by atoms with Crippen LogP contribution in [0.5, 0.6) is 11.5 Å². The van der Waals surface area contributed by atoms with Crippen molar-refractivity contribution < 1.29 is 28.6 Å². The van der Waals surface area contributed by atoms with Crippen LogP contribution in [0.25, 0.3) is 10.8 Å². The third-order valence-electron chi connectivity index (χ3n) is 4.37. The summed E-state index contributed by atoms with van der Waals surface area (Å²) in [6.45, 7) is 0.302. The van der Waals surface area contributed by atoms with E-state index in [1.165, 1.54) is 0 Å². The molecule has 1 heterocycles. The first kappa shape index (κ1) is 19.3. The van der Waals surface area contributed by atoms with Gasteiger partial charge in [0.25, 0.3) is 5.91 Å². The van der Waals surface area contributed by atoms with Gasteiger partial charge in [-0.05, 0) is 35.0 Å². The normalized spacial score (nSPS) is 12.1. The summed E-state index contributed by atoms with van der Waals surface area (Å²) in [5, 5.41) is 6.50. The van der Waals surface area contributed by atoms with Crippen LogP contribution in [-0.2, 0) is 9.53 Å². The number of imide groups is 1. The number of esters is 1. The summed E-state index contributed by atoms with van der Waals surface area (Å²) in [6, 6.07) is 16.8. The fraction of sp³-hybridized carbons (Fsp3) is 0.136. The summed E-state index contributed by atoms with van der Waals surface area (Å²) < 4.78 is 15.8. The third-order valence-corrected chi connectivity index (χ3v) is 4.37. The molecule has 0 radical (unpaired) electrons. The molecule has 3 aromatic carbocycles. The Morgan fingerprint density at radius 3 is 2.47 bits per heavy atom. The number of benzene rings is 3. The fourth-order valence-corrected chi connectivity index (χ4v) is 2.98. The molecular weight excluding hydrogens is 388 g/mol. The van der Waals surface area contributed by atoms with Gasteiger partial charge in [0.2, 0.25) is 0 Å². The lowest BCUT2D eigenvalue weighted by atomic mass is 10.1. The van der Waals surface area contributed by atoms with E-state index < -0.39 is 24.5 Å². The number of urea groups is 1. The molecule has 1 aliphatic rings. The molecule has 8 nitrogen and oxygen atoms in total. The Bertz CT molecular complexity index is 1130. The molecule has 0 bridgehead atoms. The Balaban J connectivity index is 1.28. The van der Waals surface area contributed by atoms with Crippen LogP contribution in [0.1, 0.15) is 10.4 Å². The van der Waals surface area contributed by atoms with Crippen LogP contribution in [0.3, 0.4) is 0 Å². The highest BCUT2D eigenvalue weighted by molar-refractivity contribution is 6.02. The number of fused-ring (bicyclic) bond motifs is 2. The zero-order valence-electron chi connectivity index (χ0n) is 15.8. The van der Waals surface area contributed by atoms with Gasteiger partial charge in [-0.1, -0.05) is 30.3 Å². The van der Waals surface area contributed by atoms with Crippen molar-refractivity contribution in [3.63, 3.8) is 0 Å². The van der Waals surface area contributed by atoms with Gasteiger partial charge in [-0.3, -0.25) is 10.1 Å². The van der Waals surface area contributed by atoms with E-state index in [9.17, 15) is 14.4 Å². The number of amides is 3. The molecule has 30 heavy (non-hydrogen) atoms. The smallest absolute Gasteiger partial charge is 0.338 e. The van der Waals surface area contributed by atoms with Gasteiger partial charge in [-0.15, -0.1) is 0 Å².